The van der Waals surface area contributed by atoms with Crippen molar-refractivity contribution in [3.8, 4) is 0 Å². The zero-order valence-electron chi connectivity index (χ0n) is 16.0. The minimum Gasteiger partial charge on any atom is -0.453 e. The summed E-state index contributed by atoms with van der Waals surface area (Å²) in [6, 6.07) is 7.96. The summed E-state index contributed by atoms with van der Waals surface area (Å²) in [5.74, 6) is -1.11. The maximum atomic E-state index is 12.0. The predicted molar refractivity (Wildman–Crippen MR) is 102 cm³/mol. The molecule has 1 aliphatic carbocycles. The number of aliphatic hydroxyl groups is 1. The molecule has 6 nitrogen and oxygen atoms in total. The Morgan fingerprint density at radius 1 is 1.19 bits per heavy atom. The van der Waals surface area contributed by atoms with Gasteiger partial charge in [-0.3, -0.25) is 4.79 Å². The van der Waals surface area contributed by atoms with Crippen LogP contribution >= 0.6 is 0 Å². The molecule has 1 aliphatic rings. The van der Waals surface area contributed by atoms with Gasteiger partial charge in [0.25, 0.3) is 5.91 Å². The fourth-order valence-electron chi connectivity index (χ4n) is 3.39. The Morgan fingerprint density at radius 2 is 1.81 bits per heavy atom. The van der Waals surface area contributed by atoms with E-state index in [-0.39, 0.29) is 0 Å². The highest BCUT2D eigenvalue weighted by Crippen LogP contribution is 2.29. The molecular formula is C20H30N2O4. The molecular weight excluding hydrogens is 332 g/mol. The van der Waals surface area contributed by atoms with Gasteiger partial charge in [-0.15, -0.1) is 0 Å². The number of hydrogen-bond acceptors (Lipinski definition) is 5. The summed E-state index contributed by atoms with van der Waals surface area (Å²) in [5, 5.41) is 13.0. The minimum absolute atomic E-state index is 0.393. The first kappa shape index (κ1) is 20.2. The van der Waals surface area contributed by atoms with Crippen LogP contribution in [0.25, 0.3) is 0 Å². The molecule has 2 rings (SSSR count). The van der Waals surface area contributed by atoms with Crippen molar-refractivity contribution >= 4 is 23.3 Å². The Kier molecular flexibility index (Phi) is 7.03. The lowest BCUT2D eigenvalue weighted by atomic mass is 9.85. The van der Waals surface area contributed by atoms with Crippen LogP contribution in [-0.2, 0) is 14.3 Å². The van der Waals surface area contributed by atoms with Crippen molar-refractivity contribution in [1.29, 1.82) is 0 Å². The second kappa shape index (κ2) is 9.03. The third kappa shape index (κ3) is 5.21. The number of carbonyl (C=O) groups excluding carboxylic acids is 2. The van der Waals surface area contributed by atoms with Crippen LogP contribution in [0.2, 0.25) is 0 Å². The molecule has 26 heavy (non-hydrogen) atoms. The molecule has 0 radical (unpaired) electrons. The molecule has 0 atom stereocenters. The molecule has 144 valence electrons. The van der Waals surface area contributed by atoms with Crippen molar-refractivity contribution in [2.24, 2.45) is 0 Å². The molecule has 1 fully saturated rings. The molecule has 0 unspecified atom stereocenters. The van der Waals surface area contributed by atoms with Crippen LogP contribution < -0.4 is 10.2 Å². The Bertz CT molecular complexity index is 607. The largest absolute Gasteiger partial charge is 0.453 e. The summed E-state index contributed by atoms with van der Waals surface area (Å²) < 4.78 is 5.02. The first-order valence-electron chi connectivity index (χ1n) is 9.42. The number of esters is 1. The average molecular weight is 362 g/mol. The Balaban J connectivity index is 1.85. The van der Waals surface area contributed by atoms with Crippen molar-refractivity contribution in [1.82, 2.24) is 0 Å². The van der Waals surface area contributed by atoms with E-state index in [4.69, 9.17) is 4.74 Å². The molecule has 0 aliphatic heterocycles. The predicted octanol–water partition coefficient (Wildman–Crippen LogP) is 3.10. The summed E-state index contributed by atoms with van der Waals surface area (Å²) in [6.07, 6.45) is 3.42. The van der Waals surface area contributed by atoms with Crippen LogP contribution in [0.3, 0.4) is 0 Å². The van der Waals surface area contributed by atoms with Gasteiger partial charge in [0, 0.05) is 24.0 Å². The van der Waals surface area contributed by atoms with Crippen LogP contribution in [0.15, 0.2) is 24.3 Å². The van der Waals surface area contributed by atoms with Crippen LogP contribution in [0.1, 0.15) is 52.9 Å². The van der Waals surface area contributed by atoms with E-state index in [9.17, 15) is 14.7 Å². The summed E-state index contributed by atoms with van der Waals surface area (Å²) in [4.78, 5) is 26.3. The quantitative estimate of drug-likeness (QED) is 0.729. The first-order valence-corrected chi connectivity index (χ1v) is 9.42. The van der Waals surface area contributed by atoms with Gasteiger partial charge in [-0.05, 0) is 70.7 Å². The highest BCUT2D eigenvalue weighted by molar-refractivity contribution is 5.93. The zero-order valence-corrected chi connectivity index (χ0v) is 16.0. The molecule has 0 aromatic heterocycles. The average Bonchev–Trinajstić information content (AvgIpc) is 2.62. The highest BCUT2D eigenvalue weighted by Gasteiger charge is 2.38. The smallest absolute Gasteiger partial charge is 0.338 e. The second-order valence-corrected chi connectivity index (χ2v) is 7.14. The van der Waals surface area contributed by atoms with Crippen molar-refractivity contribution in [2.45, 2.75) is 64.5 Å². The van der Waals surface area contributed by atoms with Crippen LogP contribution in [0, 0.1) is 0 Å². The third-order valence-corrected chi connectivity index (χ3v) is 4.84. The number of nitrogens with one attached hydrogen (secondary N) is 1. The Labute approximate surface area is 155 Å². The zero-order chi connectivity index (χ0) is 19.2. The second-order valence-electron chi connectivity index (χ2n) is 7.14. The summed E-state index contributed by atoms with van der Waals surface area (Å²) >= 11 is 0. The number of nitrogens with zero attached hydrogens (tertiary/aromatic N) is 1. The monoisotopic (exact) mass is 362 g/mol. The van der Waals surface area contributed by atoms with E-state index in [0.29, 0.717) is 24.6 Å². The van der Waals surface area contributed by atoms with Gasteiger partial charge in [-0.1, -0.05) is 6.42 Å². The number of rotatable bonds is 7. The Hall–Kier alpha value is -2.08. The molecule has 6 heteroatoms. The van der Waals surface area contributed by atoms with E-state index in [0.717, 1.165) is 31.5 Å². The summed E-state index contributed by atoms with van der Waals surface area (Å²) in [6.45, 7) is 6.88. The van der Waals surface area contributed by atoms with E-state index < -0.39 is 24.1 Å². The van der Waals surface area contributed by atoms with Gasteiger partial charge in [-0.25, -0.2) is 4.79 Å². The maximum absolute atomic E-state index is 12.0. The lowest BCUT2D eigenvalue weighted by molar-refractivity contribution is -0.170. The fraction of sp³-hybridized carbons (Fsp3) is 0.600. The number of amides is 1. The molecule has 1 aromatic carbocycles. The number of benzene rings is 1. The van der Waals surface area contributed by atoms with Crippen LogP contribution in [0.4, 0.5) is 11.4 Å². The molecule has 0 heterocycles. The topological polar surface area (TPSA) is 78.9 Å². The van der Waals surface area contributed by atoms with Crippen molar-refractivity contribution in [2.75, 3.05) is 23.4 Å². The van der Waals surface area contributed by atoms with Gasteiger partial charge in [0.1, 0.15) is 0 Å². The number of hydrogen-bond donors (Lipinski definition) is 2. The molecule has 1 aromatic rings. The Morgan fingerprint density at radius 3 is 2.35 bits per heavy atom. The highest BCUT2D eigenvalue weighted by atomic mass is 16.6. The number of anilines is 2. The lowest BCUT2D eigenvalue weighted by Gasteiger charge is -2.29. The van der Waals surface area contributed by atoms with Crippen LogP contribution in [-0.4, -0.2) is 41.8 Å². The summed E-state index contributed by atoms with van der Waals surface area (Å²) in [7, 11) is 0. The number of ether oxygens (including phenoxy) is 1. The molecule has 0 bridgehead atoms. The van der Waals surface area contributed by atoms with Crippen molar-refractivity contribution < 1.29 is 19.4 Å². The SMILES string of the molecule is CCN(c1ccc(NC(=O)COC(=O)C2(O)CCCCC2)cc1)C(C)C. The van der Waals surface area contributed by atoms with Crippen molar-refractivity contribution in [3.05, 3.63) is 24.3 Å². The fourth-order valence-corrected chi connectivity index (χ4v) is 3.39. The van der Waals surface area contributed by atoms with E-state index in [1.807, 2.05) is 24.3 Å². The molecule has 2 N–H and O–H groups in total. The lowest BCUT2D eigenvalue weighted by Crippen LogP contribution is -2.42. The third-order valence-electron chi connectivity index (χ3n) is 4.84. The number of carbonyl (C=O) groups is 2. The van der Waals surface area contributed by atoms with Crippen molar-refractivity contribution in [3.63, 3.8) is 0 Å². The molecule has 0 saturated heterocycles. The van der Waals surface area contributed by atoms with E-state index in [1.54, 1.807) is 0 Å². The van der Waals surface area contributed by atoms with Gasteiger partial charge in [-0.2, -0.15) is 0 Å². The minimum atomic E-state index is -1.43. The van der Waals surface area contributed by atoms with Gasteiger partial charge in [0.2, 0.25) is 0 Å². The first-order chi connectivity index (χ1) is 12.4. The van der Waals surface area contributed by atoms with E-state index in [2.05, 4.69) is 31.0 Å². The van der Waals surface area contributed by atoms with Gasteiger partial charge < -0.3 is 20.1 Å². The van der Waals surface area contributed by atoms with Gasteiger partial charge in [0.05, 0.1) is 0 Å². The molecule has 1 saturated carbocycles. The van der Waals surface area contributed by atoms with Gasteiger partial charge >= 0.3 is 5.97 Å². The maximum Gasteiger partial charge on any atom is 0.338 e. The summed E-state index contributed by atoms with van der Waals surface area (Å²) in [5.41, 5.74) is 0.304. The normalized spacial score (nSPS) is 16.2. The van der Waals surface area contributed by atoms with E-state index >= 15 is 0 Å². The standard InChI is InChI=1S/C20H30N2O4/c1-4-22(15(2)3)17-10-8-16(9-11-17)21-18(23)14-26-19(24)20(25)12-6-5-7-13-20/h8-11,15,25H,4-7,12-14H2,1-3H3,(H,21,23). The van der Waals surface area contributed by atoms with Crippen LogP contribution in [0.5, 0.6) is 0 Å². The van der Waals surface area contributed by atoms with Gasteiger partial charge in [0.15, 0.2) is 12.2 Å². The molecule has 1 amide bonds. The molecule has 0 spiro atoms. The van der Waals surface area contributed by atoms with E-state index in [1.165, 1.54) is 0 Å².